The van der Waals surface area contributed by atoms with Gasteiger partial charge in [0, 0.05) is 46.6 Å². The van der Waals surface area contributed by atoms with Gasteiger partial charge < -0.3 is 9.80 Å². The molecule has 2 aromatic rings. The van der Waals surface area contributed by atoms with Crippen LogP contribution in [0.5, 0.6) is 0 Å². The van der Waals surface area contributed by atoms with Gasteiger partial charge in [-0.1, -0.05) is 41.4 Å². The smallest absolute Gasteiger partial charge is 0.258 e. The van der Waals surface area contributed by atoms with E-state index < -0.39 is 0 Å². The number of likely N-dealkylation sites (tertiary alicyclic amines) is 1. The molecule has 0 radical (unpaired) electrons. The average molecular weight is 481 g/mol. The molecule has 0 bridgehead atoms. The number of allylic oxidation sites excluding steroid dienone is 3. The summed E-state index contributed by atoms with van der Waals surface area (Å²) in [6, 6.07) is 15.4. The molecule has 2 aromatic carbocycles. The molecule has 1 amide bonds. The third-order valence-electron chi connectivity index (χ3n) is 7.35. The van der Waals surface area contributed by atoms with Crippen LogP contribution in [0.3, 0.4) is 0 Å². The van der Waals surface area contributed by atoms with E-state index in [-0.39, 0.29) is 5.91 Å². The predicted molar refractivity (Wildman–Crippen MR) is 137 cm³/mol. The summed E-state index contributed by atoms with van der Waals surface area (Å²) >= 11 is 12.1. The summed E-state index contributed by atoms with van der Waals surface area (Å²) in [6.07, 6.45) is 11.8. The first-order valence-corrected chi connectivity index (χ1v) is 12.8. The number of anilines is 1. The van der Waals surface area contributed by atoms with Crippen molar-refractivity contribution in [2.75, 3.05) is 24.5 Å². The summed E-state index contributed by atoms with van der Waals surface area (Å²) in [5, 5.41) is 1.47. The van der Waals surface area contributed by atoms with Gasteiger partial charge in [-0.15, -0.1) is 0 Å². The molecule has 1 unspecified atom stereocenters. The lowest BCUT2D eigenvalue weighted by molar-refractivity contribution is 0.0825. The van der Waals surface area contributed by atoms with Crippen LogP contribution in [-0.4, -0.2) is 30.4 Å². The van der Waals surface area contributed by atoms with Crippen molar-refractivity contribution in [3.8, 4) is 0 Å². The molecule has 0 spiro atoms. The summed E-state index contributed by atoms with van der Waals surface area (Å²) in [6.45, 7) is 3.00. The van der Waals surface area contributed by atoms with Crippen LogP contribution in [0, 0.1) is 11.8 Å². The summed E-state index contributed by atoms with van der Waals surface area (Å²) in [7, 11) is 0. The fourth-order valence-electron chi connectivity index (χ4n) is 5.44. The number of fused-ring (bicyclic) bond motifs is 1. The highest BCUT2D eigenvalue weighted by atomic mass is 35.5. The van der Waals surface area contributed by atoms with E-state index >= 15 is 0 Å². The third-order valence-corrected chi connectivity index (χ3v) is 7.83. The Morgan fingerprint density at radius 1 is 0.939 bits per heavy atom. The molecular weight excluding hydrogens is 451 g/mol. The number of piperidine rings is 1. The summed E-state index contributed by atoms with van der Waals surface area (Å²) < 4.78 is 0. The number of hydrogen-bond donors (Lipinski definition) is 0. The number of hydrogen-bond acceptors (Lipinski definition) is 2. The number of benzene rings is 2. The molecule has 5 heteroatoms. The third kappa shape index (κ3) is 5.15. The standard InChI is InChI=1S/C28H30Cl2N2O/c29-24-9-7-22(8-10-24)28(33)32-17-14-23-18-21(6-11-27(23)32)5-4-20-12-15-31(16-13-20)26-3-1-2-25(30)19-26/h1-3,7-11,18-21H,4-6,12-17H2. The first-order chi connectivity index (χ1) is 16.1. The first-order valence-electron chi connectivity index (χ1n) is 12.1. The Kier molecular flexibility index (Phi) is 6.80. The lowest BCUT2D eigenvalue weighted by Gasteiger charge is -2.34. The number of rotatable bonds is 5. The Hall–Kier alpha value is -2.23. The number of carbonyl (C=O) groups is 1. The fraction of sp³-hybridized carbons (Fsp3) is 0.393. The maximum Gasteiger partial charge on any atom is 0.258 e. The molecule has 2 fully saturated rings. The van der Waals surface area contributed by atoms with Gasteiger partial charge in [-0.2, -0.15) is 0 Å². The van der Waals surface area contributed by atoms with Crippen LogP contribution in [0.2, 0.25) is 10.0 Å². The van der Waals surface area contributed by atoms with Crippen molar-refractivity contribution in [1.82, 2.24) is 4.90 Å². The van der Waals surface area contributed by atoms with Crippen molar-refractivity contribution in [2.45, 2.75) is 38.5 Å². The first kappa shape index (κ1) is 22.6. The van der Waals surface area contributed by atoms with Crippen molar-refractivity contribution >= 4 is 34.8 Å². The lowest BCUT2D eigenvalue weighted by atomic mass is 9.85. The summed E-state index contributed by atoms with van der Waals surface area (Å²) in [5.41, 5.74) is 4.42. The van der Waals surface area contributed by atoms with E-state index in [9.17, 15) is 4.79 Å². The monoisotopic (exact) mass is 480 g/mol. The molecular formula is C28H30Cl2N2O. The number of amides is 1. The lowest BCUT2D eigenvalue weighted by Crippen LogP contribution is -2.33. The summed E-state index contributed by atoms with van der Waals surface area (Å²) in [4.78, 5) is 17.4. The molecule has 5 rings (SSSR count). The molecule has 1 atom stereocenters. The van der Waals surface area contributed by atoms with Crippen LogP contribution in [0.15, 0.2) is 72.0 Å². The highest BCUT2D eigenvalue weighted by Crippen LogP contribution is 2.37. The molecule has 172 valence electrons. The van der Waals surface area contributed by atoms with Gasteiger partial charge in [0.2, 0.25) is 0 Å². The molecule has 2 saturated heterocycles. The van der Waals surface area contributed by atoms with Gasteiger partial charge >= 0.3 is 0 Å². The van der Waals surface area contributed by atoms with Gasteiger partial charge in [0.05, 0.1) is 0 Å². The second-order valence-corrected chi connectivity index (χ2v) is 10.4. The minimum atomic E-state index is 0.0752. The summed E-state index contributed by atoms with van der Waals surface area (Å²) in [5.74, 6) is 1.47. The second kappa shape index (κ2) is 9.95. The fourth-order valence-corrected chi connectivity index (χ4v) is 5.75. The zero-order valence-electron chi connectivity index (χ0n) is 18.9. The van der Waals surface area contributed by atoms with Crippen molar-refractivity contribution in [2.24, 2.45) is 11.8 Å². The zero-order valence-corrected chi connectivity index (χ0v) is 20.4. The predicted octanol–water partition coefficient (Wildman–Crippen LogP) is 7.37. The molecule has 33 heavy (non-hydrogen) atoms. The normalized spacial score (nSPS) is 21.0. The van der Waals surface area contributed by atoms with Gasteiger partial charge in [0.25, 0.3) is 5.91 Å². The van der Waals surface area contributed by atoms with E-state index in [0.29, 0.717) is 16.5 Å². The largest absolute Gasteiger partial charge is 0.371 e. The van der Waals surface area contributed by atoms with Crippen LogP contribution in [0.4, 0.5) is 5.69 Å². The number of carbonyl (C=O) groups excluding carboxylic acids is 1. The topological polar surface area (TPSA) is 23.6 Å². The van der Waals surface area contributed by atoms with Gasteiger partial charge in [0.1, 0.15) is 0 Å². The second-order valence-electron chi connectivity index (χ2n) is 9.48. The molecule has 0 saturated carbocycles. The molecule has 2 heterocycles. The maximum absolute atomic E-state index is 13.0. The van der Waals surface area contributed by atoms with E-state index in [1.807, 2.05) is 29.2 Å². The van der Waals surface area contributed by atoms with Crippen molar-refractivity contribution < 1.29 is 4.79 Å². The van der Waals surface area contributed by atoms with Crippen LogP contribution in [0.25, 0.3) is 0 Å². The Labute approximate surface area is 206 Å². The quantitative estimate of drug-likeness (QED) is 0.445. The van der Waals surface area contributed by atoms with E-state index in [1.54, 1.807) is 12.1 Å². The highest BCUT2D eigenvalue weighted by molar-refractivity contribution is 6.31. The van der Waals surface area contributed by atoms with Crippen LogP contribution >= 0.6 is 23.2 Å². The van der Waals surface area contributed by atoms with E-state index in [1.165, 1.54) is 36.9 Å². The molecule has 0 aromatic heterocycles. The Balaban J connectivity index is 1.12. The van der Waals surface area contributed by atoms with E-state index in [0.717, 1.165) is 49.1 Å². The van der Waals surface area contributed by atoms with Crippen LogP contribution in [0.1, 0.15) is 48.9 Å². The van der Waals surface area contributed by atoms with E-state index in [2.05, 4.69) is 29.2 Å². The van der Waals surface area contributed by atoms with Crippen molar-refractivity contribution in [3.63, 3.8) is 0 Å². The molecule has 1 aliphatic carbocycles. The number of nitrogens with zero attached hydrogens (tertiary/aromatic N) is 2. The number of halogens is 2. The molecule has 2 aliphatic heterocycles. The maximum atomic E-state index is 13.0. The van der Waals surface area contributed by atoms with Crippen LogP contribution in [-0.2, 0) is 0 Å². The highest BCUT2D eigenvalue weighted by Gasteiger charge is 2.31. The zero-order chi connectivity index (χ0) is 22.8. The Morgan fingerprint density at radius 2 is 1.73 bits per heavy atom. The SMILES string of the molecule is O=C(c1ccc(Cl)cc1)N1CCC2=CC(CCC3CCN(c4cccc(Cl)c4)CC3)CC=C21. The van der Waals surface area contributed by atoms with Gasteiger partial charge in [-0.3, -0.25) is 4.79 Å². The Morgan fingerprint density at radius 3 is 2.48 bits per heavy atom. The van der Waals surface area contributed by atoms with Crippen LogP contribution < -0.4 is 4.90 Å². The van der Waals surface area contributed by atoms with Gasteiger partial charge in [-0.25, -0.2) is 0 Å². The molecule has 3 aliphatic rings. The van der Waals surface area contributed by atoms with Crippen molar-refractivity contribution in [1.29, 1.82) is 0 Å². The molecule has 3 nitrogen and oxygen atoms in total. The molecule has 0 N–H and O–H groups in total. The van der Waals surface area contributed by atoms with Gasteiger partial charge in [0.15, 0.2) is 0 Å². The minimum Gasteiger partial charge on any atom is -0.371 e. The average Bonchev–Trinajstić information content (AvgIpc) is 3.26. The van der Waals surface area contributed by atoms with E-state index in [4.69, 9.17) is 23.2 Å². The Bertz CT molecular complexity index is 1070. The minimum absolute atomic E-state index is 0.0752. The van der Waals surface area contributed by atoms with Gasteiger partial charge in [-0.05, 0) is 98.4 Å². The van der Waals surface area contributed by atoms with Crippen molar-refractivity contribution in [3.05, 3.63) is 87.6 Å².